The minimum Gasteiger partial charge on any atom is -0.357 e. The molecule has 0 saturated heterocycles. The topological polar surface area (TPSA) is 36.4 Å². The van der Waals surface area contributed by atoms with Crippen LogP contribution < -0.4 is 10.6 Å². The van der Waals surface area contributed by atoms with E-state index in [1.165, 1.54) is 12.0 Å². The van der Waals surface area contributed by atoms with Gasteiger partial charge in [-0.3, -0.25) is 4.99 Å². The fraction of sp³-hybridized carbons (Fsp3) is 0.588. The minimum absolute atomic E-state index is 0. The maximum atomic E-state index is 4.60. The molecule has 118 valence electrons. The van der Waals surface area contributed by atoms with Crippen molar-refractivity contribution in [1.29, 1.82) is 0 Å². The third-order valence-corrected chi connectivity index (χ3v) is 3.64. The molecule has 0 radical (unpaired) electrons. The molecule has 4 heteroatoms. The van der Waals surface area contributed by atoms with Gasteiger partial charge in [0, 0.05) is 19.6 Å². The molecule has 1 fully saturated rings. The largest absolute Gasteiger partial charge is 0.357 e. The molecule has 1 saturated carbocycles. The highest BCUT2D eigenvalue weighted by atomic mass is 127. The number of guanidine groups is 1. The van der Waals surface area contributed by atoms with Crippen LogP contribution in [-0.4, -0.2) is 25.6 Å². The molecule has 0 spiro atoms. The zero-order chi connectivity index (χ0) is 14.4. The first-order valence-electron chi connectivity index (χ1n) is 7.77. The van der Waals surface area contributed by atoms with Gasteiger partial charge in [0.1, 0.15) is 0 Å². The molecule has 1 aromatic carbocycles. The van der Waals surface area contributed by atoms with Gasteiger partial charge >= 0.3 is 0 Å². The average Bonchev–Trinajstić information content (AvgIpc) is 3.22. The van der Waals surface area contributed by atoms with E-state index in [2.05, 4.69) is 66.7 Å². The average molecular weight is 401 g/mol. The Bertz CT molecular complexity index is 431. The summed E-state index contributed by atoms with van der Waals surface area (Å²) < 4.78 is 0. The van der Waals surface area contributed by atoms with Crippen molar-refractivity contribution in [3.05, 3.63) is 35.9 Å². The lowest BCUT2D eigenvalue weighted by Gasteiger charge is -2.12. The highest BCUT2D eigenvalue weighted by Gasteiger charge is 2.37. The standard InChI is InChI=1S/C17H27N3.HI/c1-4-18-17(19-11-13(2)3)20-12-15-10-16(15)14-8-6-5-7-9-14;/h5-9,13,15-16H,4,10-12H2,1-3H3,(H2,18,19,20);1H. The molecular weight excluding hydrogens is 373 g/mol. The first-order chi connectivity index (χ1) is 9.70. The van der Waals surface area contributed by atoms with Gasteiger partial charge in [-0.2, -0.15) is 0 Å². The predicted molar refractivity (Wildman–Crippen MR) is 102 cm³/mol. The fourth-order valence-electron chi connectivity index (χ4n) is 2.43. The molecule has 0 bridgehead atoms. The third kappa shape index (κ3) is 6.24. The Kier molecular flexibility index (Phi) is 8.07. The van der Waals surface area contributed by atoms with Gasteiger partial charge in [-0.05, 0) is 36.7 Å². The normalized spacial score (nSPS) is 20.9. The Hall–Kier alpha value is -0.780. The van der Waals surface area contributed by atoms with E-state index in [1.54, 1.807) is 0 Å². The molecule has 0 aromatic heterocycles. The summed E-state index contributed by atoms with van der Waals surface area (Å²) in [5.74, 6) is 3.04. The van der Waals surface area contributed by atoms with E-state index in [0.29, 0.717) is 5.92 Å². The Balaban J connectivity index is 0.00000220. The molecule has 1 aliphatic carbocycles. The number of nitrogens with one attached hydrogen (secondary N) is 2. The van der Waals surface area contributed by atoms with Crippen molar-refractivity contribution in [3.63, 3.8) is 0 Å². The molecule has 0 amide bonds. The Labute approximate surface area is 146 Å². The van der Waals surface area contributed by atoms with Crippen molar-refractivity contribution in [1.82, 2.24) is 10.6 Å². The number of rotatable bonds is 6. The highest BCUT2D eigenvalue weighted by molar-refractivity contribution is 14.0. The smallest absolute Gasteiger partial charge is 0.191 e. The summed E-state index contributed by atoms with van der Waals surface area (Å²) in [4.78, 5) is 4.60. The predicted octanol–water partition coefficient (Wildman–Crippen LogP) is 3.62. The number of benzene rings is 1. The van der Waals surface area contributed by atoms with Crippen molar-refractivity contribution in [3.8, 4) is 0 Å². The van der Waals surface area contributed by atoms with Gasteiger partial charge in [0.25, 0.3) is 0 Å². The zero-order valence-electron chi connectivity index (χ0n) is 13.3. The minimum atomic E-state index is 0. The van der Waals surface area contributed by atoms with Crippen LogP contribution >= 0.6 is 24.0 Å². The van der Waals surface area contributed by atoms with Crippen molar-refractivity contribution in [2.45, 2.75) is 33.1 Å². The Morgan fingerprint density at radius 1 is 1.24 bits per heavy atom. The SMILES string of the molecule is CCNC(=NCC(C)C)NCC1CC1c1ccccc1.I. The second kappa shape index (κ2) is 9.28. The van der Waals surface area contributed by atoms with E-state index in [-0.39, 0.29) is 24.0 Å². The molecule has 2 N–H and O–H groups in total. The summed E-state index contributed by atoms with van der Waals surface area (Å²) in [5.41, 5.74) is 1.48. The summed E-state index contributed by atoms with van der Waals surface area (Å²) in [6.45, 7) is 9.30. The van der Waals surface area contributed by atoms with Gasteiger partial charge in [0.15, 0.2) is 5.96 Å². The van der Waals surface area contributed by atoms with Gasteiger partial charge in [-0.15, -0.1) is 24.0 Å². The van der Waals surface area contributed by atoms with Crippen LogP contribution in [0.1, 0.15) is 38.7 Å². The second-order valence-corrected chi connectivity index (χ2v) is 6.01. The van der Waals surface area contributed by atoms with E-state index in [9.17, 15) is 0 Å². The lowest BCUT2D eigenvalue weighted by molar-refractivity contribution is 0.652. The van der Waals surface area contributed by atoms with Crippen LogP contribution in [0.15, 0.2) is 35.3 Å². The van der Waals surface area contributed by atoms with E-state index >= 15 is 0 Å². The molecule has 2 rings (SSSR count). The zero-order valence-corrected chi connectivity index (χ0v) is 15.6. The number of nitrogens with zero attached hydrogens (tertiary/aromatic N) is 1. The molecule has 1 aliphatic rings. The van der Waals surface area contributed by atoms with Crippen LogP contribution in [0.2, 0.25) is 0 Å². The molecule has 1 aromatic rings. The lowest BCUT2D eigenvalue weighted by Crippen LogP contribution is -2.38. The van der Waals surface area contributed by atoms with Gasteiger partial charge in [0.2, 0.25) is 0 Å². The van der Waals surface area contributed by atoms with Crippen molar-refractivity contribution in [2.24, 2.45) is 16.8 Å². The number of halogens is 1. The van der Waals surface area contributed by atoms with E-state index in [4.69, 9.17) is 0 Å². The molecule has 2 atom stereocenters. The molecule has 0 heterocycles. The first kappa shape index (κ1) is 18.3. The number of hydrogen-bond acceptors (Lipinski definition) is 1. The maximum absolute atomic E-state index is 4.60. The van der Waals surface area contributed by atoms with Gasteiger partial charge in [-0.1, -0.05) is 44.2 Å². The monoisotopic (exact) mass is 401 g/mol. The summed E-state index contributed by atoms with van der Waals surface area (Å²) >= 11 is 0. The molecular formula is C17H28IN3. The Morgan fingerprint density at radius 2 is 1.95 bits per heavy atom. The quantitative estimate of drug-likeness (QED) is 0.434. The molecule has 21 heavy (non-hydrogen) atoms. The summed E-state index contributed by atoms with van der Waals surface area (Å²) in [5, 5.41) is 6.79. The molecule has 0 aliphatic heterocycles. The highest BCUT2D eigenvalue weighted by Crippen LogP contribution is 2.46. The third-order valence-electron chi connectivity index (χ3n) is 3.64. The van der Waals surface area contributed by atoms with E-state index in [1.807, 2.05) is 0 Å². The second-order valence-electron chi connectivity index (χ2n) is 6.01. The van der Waals surface area contributed by atoms with Crippen LogP contribution in [0.25, 0.3) is 0 Å². The number of aliphatic imine (C=N–C) groups is 1. The maximum Gasteiger partial charge on any atom is 0.191 e. The Morgan fingerprint density at radius 3 is 2.57 bits per heavy atom. The van der Waals surface area contributed by atoms with Gasteiger partial charge in [-0.25, -0.2) is 0 Å². The van der Waals surface area contributed by atoms with Crippen LogP contribution in [0.4, 0.5) is 0 Å². The van der Waals surface area contributed by atoms with E-state index in [0.717, 1.165) is 37.4 Å². The molecule has 2 unspecified atom stereocenters. The summed E-state index contributed by atoms with van der Waals surface area (Å²) in [6.07, 6.45) is 1.29. The van der Waals surface area contributed by atoms with Crippen molar-refractivity contribution < 1.29 is 0 Å². The summed E-state index contributed by atoms with van der Waals surface area (Å²) in [6, 6.07) is 10.8. The van der Waals surface area contributed by atoms with Crippen LogP contribution in [-0.2, 0) is 0 Å². The van der Waals surface area contributed by atoms with Crippen molar-refractivity contribution >= 4 is 29.9 Å². The fourth-order valence-corrected chi connectivity index (χ4v) is 2.43. The first-order valence-corrected chi connectivity index (χ1v) is 7.77. The van der Waals surface area contributed by atoms with Crippen molar-refractivity contribution in [2.75, 3.05) is 19.6 Å². The van der Waals surface area contributed by atoms with E-state index < -0.39 is 0 Å². The summed E-state index contributed by atoms with van der Waals surface area (Å²) in [7, 11) is 0. The molecule has 3 nitrogen and oxygen atoms in total. The van der Waals surface area contributed by atoms with Crippen LogP contribution in [0.3, 0.4) is 0 Å². The lowest BCUT2D eigenvalue weighted by atomic mass is 10.1. The van der Waals surface area contributed by atoms with Gasteiger partial charge < -0.3 is 10.6 Å². The van der Waals surface area contributed by atoms with Crippen LogP contribution in [0.5, 0.6) is 0 Å². The van der Waals surface area contributed by atoms with Gasteiger partial charge in [0.05, 0.1) is 0 Å². The van der Waals surface area contributed by atoms with Crippen LogP contribution in [0, 0.1) is 11.8 Å². The number of hydrogen-bond donors (Lipinski definition) is 2.